The summed E-state index contributed by atoms with van der Waals surface area (Å²) in [7, 11) is 0. The van der Waals surface area contributed by atoms with Crippen LogP contribution in [0.15, 0.2) is 24.3 Å². The van der Waals surface area contributed by atoms with Crippen LogP contribution in [0.3, 0.4) is 0 Å². The number of aliphatic hydroxyl groups is 1. The lowest BCUT2D eigenvalue weighted by Gasteiger charge is -2.43. The summed E-state index contributed by atoms with van der Waals surface area (Å²) in [5.41, 5.74) is -0.718. The van der Waals surface area contributed by atoms with Gasteiger partial charge in [-0.15, -0.1) is 6.42 Å². The topological polar surface area (TPSA) is 108 Å². The van der Waals surface area contributed by atoms with Gasteiger partial charge in [0.05, 0.1) is 6.61 Å². The highest BCUT2D eigenvalue weighted by Gasteiger charge is 2.42. The summed E-state index contributed by atoms with van der Waals surface area (Å²) in [5.74, 6) is 1.56. The molecule has 3 atom stereocenters. The Hall–Kier alpha value is -3.05. The first-order valence-corrected chi connectivity index (χ1v) is 12.0. The summed E-state index contributed by atoms with van der Waals surface area (Å²) in [5, 5.41) is 15.4. The predicted octanol–water partition coefficient (Wildman–Crippen LogP) is 3.53. The monoisotopic (exact) mass is 487 g/mol. The zero-order valence-corrected chi connectivity index (χ0v) is 22.3. The molecule has 0 saturated heterocycles. The maximum atomic E-state index is 13.8. The lowest BCUT2D eigenvalue weighted by Crippen LogP contribution is -2.60. The number of nitrogens with zero attached hydrogens (tertiary/aromatic N) is 1. The van der Waals surface area contributed by atoms with Gasteiger partial charge in [-0.3, -0.25) is 9.59 Å². The van der Waals surface area contributed by atoms with Gasteiger partial charge in [-0.05, 0) is 66.5 Å². The number of rotatable bonds is 9. The standard InChI is InChI=1S/C27H41N3O5/c1-10-14-18(3)28-23(32)22(20-16-13-12-15-19(20)11-2)30(26(4,5)6)24(33)21(17-31)29-25(34)35-27(7,8)9/h2,12-13,15-16,18,21-22,31H,10,14,17H2,1,3-9H3,(H,28,32)(H,29,34). The van der Waals surface area contributed by atoms with Gasteiger partial charge in [0.25, 0.3) is 0 Å². The van der Waals surface area contributed by atoms with Crippen molar-refractivity contribution in [3.05, 3.63) is 35.4 Å². The third-order valence-electron chi connectivity index (χ3n) is 5.16. The summed E-state index contributed by atoms with van der Waals surface area (Å²) in [4.78, 5) is 41.2. The Morgan fingerprint density at radius 1 is 1.11 bits per heavy atom. The second kappa shape index (κ2) is 12.6. The lowest BCUT2D eigenvalue weighted by molar-refractivity contribution is -0.149. The summed E-state index contributed by atoms with van der Waals surface area (Å²) in [6, 6.07) is 4.38. The molecule has 0 saturated carbocycles. The van der Waals surface area contributed by atoms with Crippen LogP contribution in [0.25, 0.3) is 0 Å². The van der Waals surface area contributed by atoms with E-state index in [2.05, 4.69) is 16.6 Å². The van der Waals surface area contributed by atoms with Gasteiger partial charge in [0.15, 0.2) is 0 Å². The second-order valence-corrected chi connectivity index (χ2v) is 10.6. The van der Waals surface area contributed by atoms with Crippen molar-refractivity contribution in [3.8, 4) is 12.3 Å². The summed E-state index contributed by atoms with van der Waals surface area (Å²) >= 11 is 0. The van der Waals surface area contributed by atoms with E-state index in [-0.39, 0.29) is 6.04 Å². The highest BCUT2D eigenvalue weighted by molar-refractivity contribution is 5.93. The van der Waals surface area contributed by atoms with Crippen molar-refractivity contribution < 1.29 is 24.2 Å². The fourth-order valence-corrected chi connectivity index (χ4v) is 3.74. The Morgan fingerprint density at radius 3 is 2.20 bits per heavy atom. The molecule has 0 aliphatic carbocycles. The summed E-state index contributed by atoms with van der Waals surface area (Å²) in [6.07, 6.45) is 6.53. The molecule has 0 radical (unpaired) electrons. The van der Waals surface area contributed by atoms with Crippen molar-refractivity contribution in [2.45, 2.75) is 97.5 Å². The Bertz CT molecular complexity index is 924. The number of terminal acetylenes is 1. The van der Waals surface area contributed by atoms with Crippen LogP contribution in [-0.4, -0.2) is 57.7 Å². The minimum absolute atomic E-state index is 0.126. The molecule has 8 nitrogen and oxygen atoms in total. The first-order chi connectivity index (χ1) is 16.2. The van der Waals surface area contributed by atoms with Gasteiger partial charge in [0.1, 0.15) is 17.7 Å². The second-order valence-electron chi connectivity index (χ2n) is 10.6. The maximum absolute atomic E-state index is 13.8. The molecular weight excluding hydrogens is 446 g/mol. The van der Waals surface area contributed by atoms with Crippen LogP contribution in [0, 0.1) is 12.3 Å². The van der Waals surface area contributed by atoms with Crippen molar-refractivity contribution >= 4 is 17.9 Å². The number of carbonyl (C=O) groups excluding carboxylic acids is 3. The van der Waals surface area contributed by atoms with Crippen LogP contribution in [-0.2, 0) is 14.3 Å². The van der Waals surface area contributed by atoms with E-state index in [1.807, 2.05) is 13.8 Å². The van der Waals surface area contributed by atoms with Gasteiger partial charge in [-0.1, -0.05) is 37.5 Å². The molecule has 3 unspecified atom stereocenters. The highest BCUT2D eigenvalue weighted by atomic mass is 16.6. The molecule has 0 bridgehead atoms. The molecule has 0 spiro atoms. The van der Waals surface area contributed by atoms with Gasteiger partial charge in [0.2, 0.25) is 11.8 Å². The van der Waals surface area contributed by atoms with Crippen LogP contribution in [0.5, 0.6) is 0 Å². The van der Waals surface area contributed by atoms with Gasteiger partial charge >= 0.3 is 6.09 Å². The number of hydrogen-bond acceptors (Lipinski definition) is 5. The van der Waals surface area contributed by atoms with Gasteiger partial charge in [0, 0.05) is 17.1 Å². The minimum Gasteiger partial charge on any atom is -0.444 e. The van der Waals surface area contributed by atoms with E-state index in [1.54, 1.807) is 65.8 Å². The van der Waals surface area contributed by atoms with Crippen molar-refractivity contribution in [3.63, 3.8) is 0 Å². The molecule has 1 aromatic rings. The molecule has 3 amide bonds. The van der Waals surface area contributed by atoms with E-state index in [1.165, 1.54) is 4.90 Å². The predicted molar refractivity (Wildman–Crippen MR) is 136 cm³/mol. The van der Waals surface area contributed by atoms with Crippen molar-refractivity contribution in [2.75, 3.05) is 6.61 Å². The van der Waals surface area contributed by atoms with Crippen LogP contribution in [0.1, 0.15) is 85.4 Å². The Labute approximate surface area is 209 Å². The first kappa shape index (κ1) is 30.0. The van der Waals surface area contributed by atoms with Crippen molar-refractivity contribution in [1.29, 1.82) is 0 Å². The SMILES string of the molecule is C#Cc1ccccc1C(C(=O)NC(C)CCC)N(C(=O)C(CO)NC(=O)OC(C)(C)C)C(C)(C)C. The molecule has 35 heavy (non-hydrogen) atoms. The number of hydrogen-bond donors (Lipinski definition) is 3. The molecule has 1 aromatic carbocycles. The summed E-state index contributed by atoms with van der Waals surface area (Å²) in [6.45, 7) is 13.7. The maximum Gasteiger partial charge on any atom is 0.408 e. The number of benzene rings is 1. The van der Waals surface area contributed by atoms with E-state index < -0.39 is 47.7 Å². The molecular formula is C27H41N3O5. The van der Waals surface area contributed by atoms with Crippen LogP contribution in [0.2, 0.25) is 0 Å². The average molecular weight is 488 g/mol. The normalized spacial score (nSPS) is 14.2. The zero-order chi connectivity index (χ0) is 27.0. The molecule has 3 N–H and O–H groups in total. The fourth-order valence-electron chi connectivity index (χ4n) is 3.74. The third-order valence-corrected chi connectivity index (χ3v) is 5.16. The number of ether oxygens (including phenoxy) is 1. The van der Waals surface area contributed by atoms with Crippen LogP contribution >= 0.6 is 0 Å². The number of nitrogens with one attached hydrogen (secondary N) is 2. The van der Waals surface area contributed by atoms with E-state index in [9.17, 15) is 19.5 Å². The van der Waals surface area contributed by atoms with Crippen molar-refractivity contribution in [1.82, 2.24) is 15.5 Å². The molecule has 8 heteroatoms. The van der Waals surface area contributed by atoms with Gasteiger partial charge in [-0.25, -0.2) is 4.79 Å². The first-order valence-electron chi connectivity index (χ1n) is 12.0. The van der Waals surface area contributed by atoms with E-state index in [0.717, 1.165) is 12.8 Å². The van der Waals surface area contributed by atoms with E-state index >= 15 is 0 Å². The van der Waals surface area contributed by atoms with Crippen molar-refractivity contribution in [2.24, 2.45) is 0 Å². The van der Waals surface area contributed by atoms with E-state index in [4.69, 9.17) is 11.2 Å². The Balaban J connectivity index is 3.56. The number of carbonyl (C=O) groups is 3. The highest BCUT2D eigenvalue weighted by Crippen LogP contribution is 2.32. The average Bonchev–Trinajstić information content (AvgIpc) is 2.73. The molecule has 0 fully saturated rings. The summed E-state index contributed by atoms with van der Waals surface area (Å²) < 4.78 is 5.26. The molecule has 0 heterocycles. The van der Waals surface area contributed by atoms with Crippen LogP contribution < -0.4 is 10.6 Å². The lowest BCUT2D eigenvalue weighted by atomic mass is 9.92. The Morgan fingerprint density at radius 2 is 1.71 bits per heavy atom. The molecule has 1 rings (SSSR count). The molecule has 0 aliphatic rings. The minimum atomic E-state index is -1.33. The Kier molecular flexibility index (Phi) is 10.8. The quantitative estimate of drug-likeness (QED) is 0.462. The fraction of sp³-hybridized carbons (Fsp3) is 0.593. The molecule has 0 aliphatic heterocycles. The smallest absolute Gasteiger partial charge is 0.408 e. The van der Waals surface area contributed by atoms with Gasteiger partial charge in [-0.2, -0.15) is 0 Å². The number of aliphatic hydroxyl groups excluding tert-OH is 1. The van der Waals surface area contributed by atoms with Gasteiger partial charge < -0.3 is 25.4 Å². The van der Waals surface area contributed by atoms with E-state index in [0.29, 0.717) is 11.1 Å². The largest absolute Gasteiger partial charge is 0.444 e. The third kappa shape index (κ3) is 8.91. The zero-order valence-electron chi connectivity index (χ0n) is 22.3. The molecule has 0 aromatic heterocycles. The molecule has 194 valence electrons. The number of alkyl carbamates (subject to hydrolysis) is 1. The van der Waals surface area contributed by atoms with Crippen LogP contribution in [0.4, 0.5) is 4.79 Å². The number of amides is 3.